The predicted molar refractivity (Wildman–Crippen MR) is 143 cm³/mol. The highest BCUT2D eigenvalue weighted by Crippen LogP contribution is 2.67. The molecule has 7 rings (SSSR count). The first kappa shape index (κ1) is 25.7. The van der Waals surface area contributed by atoms with Crippen molar-refractivity contribution in [2.24, 2.45) is 34.5 Å². The third kappa shape index (κ3) is 4.01. The quantitative estimate of drug-likeness (QED) is 0.578. The Morgan fingerprint density at radius 2 is 1.41 bits per heavy atom. The average Bonchev–Trinajstić information content (AvgIpc) is 3.47. The molecule has 0 aromatic heterocycles. The summed E-state index contributed by atoms with van der Waals surface area (Å²) in [6.07, 6.45) is 13.8. The van der Waals surface area contributed by atoms with Crippen LogP contribution in [0, 0.1) is 34.5 Å². The maximum atomic E-state index is 11.7. The zero-order chi connectivity index (χ0) is 25.4. The summed E-state index contributed by atoms with van der Waals surface area (Å²) in [5.74, 6) is 2.43. The molecule has 3 heterocycles. The summed E-state index contributed by atoms with van der Waals surface area (Å²) < 4.78 is 12.0. The minimum absolute atomic E-state index is 0.0858. The molecule has 3 aliphatic heterocycles. The minimum Gasteiger partial charge on any atom is -0.391 e. The van der Waals surface area contributed by atoms with Crippen LogP contribution in [0.25, 0.3) is 0 Å². The van der Waals surface area contributed by atoms with Crippen LogP contribution in [0.5, 0.6) is 0 Å². The Balaban J connectivity index is 1.09. The van der Waals surface area contributed by atoms with Crippen LogP contribution in [-0.2, 0) is 9.47 Å². The fraction of sp³-hybridized carbons (Fsp3) is 1.00. The van der Waals surface area contributed by atoms with Gasteiger partial charge in [-0.05, 0) is 105 Å². The van der Waals surface area contributed by atoms with Gasteiger partial charge in [0, 0.05) is 38.0 Å². The van der Waals surface area contributed by atoms with Crippen LogP contribution < -0.4 is 0 Å². The van der Waals surface area contributed by atoms with Gasteiger partial charge in [-0.15, -0.1) is 0 Å². The molecule has 37 heavy (non-hydrogen) atoms. The highest BCUT2D eigenvalue weighted by atomic mass is 16.7. The number of likely N-dealkylation sites (tertiary alicyclic amines) is 2. The Kier molecular flexibility index (Phi) is 6.54. The topological polar surface area (TPSA) is 65.4 Å². The van der Waals surface area contributed by atoms with E-state index in [0.717, 1.165) is 63.8 Å². The number of aliphatic hydroxyl groups is 2. The van der Waals surface area contributed by atoms with Gasteiger partial charge in [-0.3, -0.25) is 9.80 Å². The van der Waals surface area contributed by atoms with Crippen LogP contribution >= 0.6 is 0 Å². The molecular formula is C31H52N2O4. The average molecular weight is 517 g/mol. The van der Waals surface area contributed by atoms with Gasteiger partial charge in [-0.1, -0.05) is 20.3 Å². The van der Waals surface area contributed by atoms with Crippen molar-refractivity contribution < 1.29 is 19.7 Å². The molecule has 6 heteroatoms. The lowest BCUT2D eigenvalue weighted by atomic mass is 9.44. The standard InChI is InChI=1S/C31H52N2O4/c1-29-9-8-23-22(24(29)19-25(28(29)35)32-12-4-3-5-13-32)7-6-21-18-27(34)26(20-30(21,23)2)33-14-10-31(11-15-33)36-16-17-37-31/h21-28,34-35H,3-20H2,1-2H3/t21-,22+,23-,24-,25-,26-,27-,28-,29-,30-/m0/s1. The third-order valence-electron chi connectivity index (χ3n) is 13.4. The van der Waals surface area contributed by atoms with Gasteiger partial charge in [0.25, 0.3) is 0 Å². The van der Waals surface area contributed by atoms with Crippen molar-refractivity contribution >= 4 is 0 Å². The molecule has 7 aliphatic rings. The summed E-state index contributed by atoms with van der Waals surface area (Å²) >= 11 is 0. The summed E-state index contributed by atoms with van der Waals surface area (Å²) in [7, 11) is 0. The van der Waals surface area contributed by atoms with E-state index in [4.69, 9.17) is 9.47 Å². The number of nitrogens with zero attached hydrogens (tertiary/aromatic N) is 2. The Hall–Kier alpha value is -0.240. The van der Waals surface area contributed by atoms with E-state index in [0.29, 0.717) is 23.3 Å². The molecule has 0 bridgehead atoms. The molecule has 4 aliphatic carbocycles. The van der Waals surface area contributed by atoms with E-state index in [1.54, 1.807) is 0 Å². The maximum absolute atomic E-state index is 11.7. The van der Waals surface area contributed by atoms with Gasteiger partial charge in [0.15, 0.2) is 5.79 Å². The van der Waals surface area contributed by atoms with E-state index in [9.17, 15) is 10.2 Å². The van der Waals surface area contributed by atoms with Gasteiger partial charge in [0.1, 0.15) is 0 Å². The lowest BCUT2D eigenvalue weighted by Gasteiger charge is -2.62. The van der Waals surface area contributed by atoms with Crippen molar-refractivity contribution in [1.29, 1.82) is 0 Å². The van der Waals surface area contributed by atoms with Gasteiger partial charge < -0.3 is 19.7 Å². The monoisotopic (exact) mass is 516 g/mol. The molecule has 4 saturated carbocycles. The Morgan fingerprint density at radius 3 is 2.14 bits per heavy atom. The second kappa shape index (κ2) is 9.41. The summed E-state index contributed by atoms with van der Waals surface area (Å²) in [5.41, 5.74) is 0.389. The van der Waals surface area contributed by atoms with Gasteiger partial charge in [-0.2, -0.15) is 0 Å². The van der Waals surface area contributed by atoms with Gasteiger partial charge >= 0.3 is 0 Å². The number of hydrogen-bond acceptors (Lipinski definition) is 6. The smallest absolute Gasteiger partial charge is 0.170 e. The molecule has 0 aromatic carbocycles. The third-order valence-corrected chi connectivity index (χ3v) is 13.4. The first-order chi connectivity index (χ1) is 17.8. The number of piperidine rings is 2. The van der Waals surface area contributed by atoms with Gasteiger partial charge in [-0.25, -0.2) is 0 Å². The molecule has 7 fully saturated rings. The van der Waals surface area contributed by atoms with Crippen LogP contribution in [-0.4, -0.2) is 89.5 Å². The van der Waals surface area contributed by atoms with E-state index in [-0.39, 0.29) is 29.5 Å². The van der Waals surface area contributed by atoms with Crippen LogP contribution in [0.15, 0.2) is 0 Å². The summed E-state index contributed by atoms with van der Waals surface area (Å²) in [6.45, 7) is 10.8. The Morgan fingerprint density at radius 1 is 0.703 bits per heavy atom. The van der Waals surface area contributed by atoms with Crippen molar-refractivity contribution in [3.8, 4) is 0 Å². The lowest BCUT2D eigenvalue weighted by molar-refractivity contribution is -0.200. The van der Waals surface area contributed by atoms with Crippen molar-refractivity contribution in [3.05, 3.63) is 0 Å². The van der Waals surface area contributed by atoms with E-state index in [1.165, 1.54) is 64.5 Å². The fourth-order valence-electron chi connectivity index (χ4n) is 11.2. The Labute approximate surface area is 224 Å². The molecule has 0 aromatic rings. The molecule has 0 radical (unpaired) electrons. The molecule has 3 saturated heterocycles. The lowest BCUT2D eigenvalue weighted by Crippen LogP contribution is -2.61. The highest BCUT2D eigenvalue weighted by Gasteiger charge is 2.63. The summed E-state index contributed by atoms with van der Waals surface area (Å²) in [6, 6.07) is 0.642. The molecule has 0 unspecified atom stereocenters. The maximum Gasteiger partial charge on any atom is 0.170 e. The number of aliphatic hydroxyl groups excluding tert-OH is 2. The minimum atomic E-state index is -0.347. The predicted octanol–water partition coefficient (Wildman–Crippen LogP) is 4.03. The summed E-state index contributed by atoms with van der Waals surface area (Å²) in [4.78, 5) is 5.25. The second-order valence-corrected chi connectivity index (χ2v) is 14.8. The van der Waals surface area contributed by atoms with Crippen molar-refractivity contribution in [2.45, 2.75) is 121 Å². The highest BCUT2D eigenvalue weighted by molar-refractivity contribution is 5.14. The first-order valence-corrected chi connectivity index (χ1v) is 16.0. The molecular weight excluding hydrogens is 464 g/mol. The van der Waals surface area contributed by atoms with Crippen LogP contribution in [0.1, 0.15) is 90.9 Å². The van der Waals surface area contributed by atoms with Gasteiger partial charge in [0.05, 0.1) is 25.4 Å². The fourth-order valence-corrected chi connectivity index (χ4v) is 11.2. The van der Waals surface area contributed by atoms with Crippen molar-refractivity contribution in [3.63, 3.8) is 0 Å². The van der Waals surface area contributed by atoms with Crippen molar-refractivity contribution in [1.82, 2.24) is 9.80 Å². The van der Waals surface area contributed by atoms with Crippen LogP contribution in [0.3, 0.4) is 0 Å². The zero-order valence-electron chi connectivity index (χ0n) is 23.5. The van der Waals surface area contributed by atoms with Gasteiger partial charge in [0.2, 0.25) is 0 Å². The molecule has 210 valence electrons. The molecule has 10 atom stereocenters. The van der Waals surface area contributed by atoms with E-state index in [1.807, 2.05) is 0 Å². The molecule has 1 spiro atoms. The van der Waals surface area contributed by atoms with Crippen molar-refractivity contribution in [2.75, 3.05) is 39.4 Å². The van der Waals surface area contributed by atoms with Crippen LogP contribution in [0.2, 0.25) is 0 Å². The zero-order valence-corrected chi connectivity index (χ0v) is 23.5. The molecule has 0 amide bonds. The first-order valence-electron chi connectivity index (χ1n) is 16.0. The summed E-state index contributed by atoms with van der Waals surface area (Å²) in [5, 5.41) is 23.1. The molecule has 6 nitrogen and oxygen atoms in total. The number of ether oxygens (including phenoxy) is 2. The van der Waals surface area contributed by atoms with E-state index >= 15 is 0 Å². The normalized spacial score (nSPS) is 52.5. The molecule has 2 N–H and O–H groups in total. The number of hydrogen-bond donors (Lipinski definition) is 2. The SMILES string of the molecule is C[C@]12C[C@H](N3CCC4(CC3)OCCO4)[C@@H](O)C[C@@H]1CC[C@@H]1[C@@H]2CC[C@]2(C)[C@@H](O)[C@@H](N3CCCCC3)C[C@@H]12. The number of rotatable bonds is 2. The largest absolute Gasteiger partial charge is 0.391 e. The number of fused-ring (bicyclic) bond motifs is 5. The van der Waals surface area contributed by atoms with E-state index in [2.05, 4.69) is 23.6 Å². The van der Waals surface area contributed by atoms with E-state index < -0.39 is 0 Å². The van der Waals surface area contributed by atoms with Crippen LogP contribution in [0.4, 0.5) is 0 Å². The Bertz CT molecular complexity index is 833. The second-order valence-electron chi connectivity index (χ2n) is 14.8.